The number of carbonyl (C=O) groups is 1. The van der Waals surface area contributed by atoms with Gasteiger partial charge in [0, 0.05) is 0 Å². The standard InChI is InChI=1S/C24H32N2O8S/c1-18-9-11-22(12-10-18)35(29,30)26-23(19(2)6-4-8-24(28)31-3)14-25-34-16-20(27)15-32-17-21-7-5-13-33-21/h4-7,9-14,19-20,23,26-27H,8,15-17H2,1-3H3/b6-4+,25-14+/t19-,20+,23-/m1/s1. The van der Waals surface area contributed by atoms with E-state index in [9.17, 15) is 18.3 Å². The number of hydrogen-bond acceptors (Lipinski definition) is 9. The molecule has 0 spiro atoms. The summed E-state index contributed by atoms with van der Waals surface area (Å²) < 4.78 is 43.4. The molecule has 1 aromatic carbocycles. The first-order chi connectivity index (χ1) is 16.7. The molecule has 0 saturated heterocycles. The first kappa shape index (κ1) is 28.2. The Balaban J connectivity index is 1.97. The first-order valence-corrected chi connectivity index (χ1v) is 12.5. The number of sulfonamides is 1. The minimum atomic E-state index is -3.85. The molecule has 192 valence electrons. The van der Waals surface area contributed by atoms with E-state index in [-0.39, 0.29) is 37.1 Å². The Morgan fingerprint density at radius 2 is 1.97 bits per heavy atom. The van der Waals surface area contributed by atoms with Crippen molar-refractivity contribution >= 4 is 22.2 Å². The highest BCUT2D eigenvalue weighted by atomic mass is 32.2. The largest absolute Gasteiger partial charge is 0.469 e. The molecule has 3 atom stereocenters. The lowest BCUT2D eigenvalue weighted by Crippen LogP contribution is -2.40. The van der Waals surface area contributed by atoms with E-state index >= 15 is 0 Å². The van der Waals surface area contributed by atoms with E-state index in [0.717, 1.165) is 5.56 Å². The zero-order valence-electron chi connectivity index (χ0n) is 20.0. The first-order valence-electron chi connectivity index (χ1n) is 11.0. The van der Waals surface area contributed by atoms with E-state index in [1.165, 1.54) is 31.7 Å². The van der Waals surface area contributed by atoms with Gasteiger partial charge in [-0.15, -0.1) is 0 Å². The van der Waals surface area contributed by atoms with Crippen molar-refractivity contribution in [1.29, 1.82) is 0 Å². The molecule has 0 aliphatic heterocycles. The van der Waals surface area contributed by atoms with Crippen LogP contribution in [-0.4, -0.2) is 58.2 Å². The Morgan fingerprint density at radius 3 is 2.63 bits per heavy atom. The quantitative estimate of drug-likeness (QED) is 0.162. The number of rotatable bonds is 15. The second-order valence-corrected chi connectivity index (χ2v) is 9.54. The molecule has 1 heterocycles. The Labute approximate surface area is 205 Å². The highest BCUT2D eigenvalue weighted by Gasteiger charge is 2.22. The molecule has 0 fully saturated rings. The summed E-state index contributed by atoms with van der Waals surface area (Å²) in [6.07, 6.45) is 5.22. The van der Waals surface area contributed by atoms with Crippen LogP contribution in [0.1, 0.15) is 24.7 Å². The third-order valence-corrected chi connectivity index (χ3v) is 6.31. The van der Waals surface area contributed by atoms with Gasteiger partial charge in [-0.25, -0.2) is 13.1 Å². The monoisotopic (exact) mass is 508 g/mol. The van der Waals surface area contributed by atoms with E-state index < -0.39 is 28.1 Å². The van der Waals surface area contributed by atoms with E-state index in [0.29, 0.717) is 5.76 Å². The number of ether oxygens (including phenoxy) is 2. The van der Waals surface area contributed by atoms with Crippen molar-refractivity contribution in [3.8, 4) is 0 Å². The number of aryl methyl sites for hydroxylation is 1. The molecule has 0 bridgehead atoms. The number of oxime groups is 1. The molecule has 11 heteroatoms. The molecule has 0 radical (unpaired) electrons. The number of nitrogens with zero attached hydrogens (tertiary/aromatic N) is 1. The van der Waals surface area contributed by atoms with Crippen LogP contribution in [0.3, 0.4) is 0 Å². The van der Waals surface area contributed by atoms with Crippen molar-refractivity contribution in [1.82, 2.24) is 4.72 Å². The van der Waals surface area contributed by atoms with E-state index in [1.807, 2.05) is 6.92 Å². The van der Waals surface area contributed by atoms with Crippen LogP contribution in [0.15, 0.2) is 69.3 Å². The molecule has 2 aromatic rings. The van der Waals surface area contributed by atoms with Crippen LogP contribution >= 0.6 is 0 Å². The number of furan rings is 1. The second-order valence-electron chi connectivity index (χ2n) is 7.83. The molecule has 0 saturated carbocycles. The average molecular weight is 509 g/mol. The number of hydrogen-bond donors (Lipinski definition) is 2. The zero-order valence-corrected chi connectivity index (χ0v) is 20.8. The number of esters is 1. The summed E-state index contributed by atoms with van der Waals surface area (Å²) in [5.41, 5.74) is 0.932. The lowest BCUT2D eigenvalue weighted by atomic mass is 10.0. The Morgan fingerprint density at radius 1 is 1.23 bits per heavy atom. The zero-order chi connectivity index (χ0) is 25.7. The molecule has 10 nitrogen and oxygen atoms in total. The molecule has 0 aliphatic rings. The van der Waals surface area contributed by atoms with Gasteiger partial charge in [0.2, 0.25) is 10.0 Å². The van der Waals surface area contributed by atoms with Crippen LogP contribution in [0, 0.1) is 12.8 Å². The molecule has 0 amide bonds. The summed E-state index contributed by atoms with van der Waals surface area (Å²) >= 11 is 0. The Hall–Kier alpha value is -2.99. The predicted octanol–water partition coefficient (Wildman–Crippen LogP) is 2.57. The number of nitrogens with one attached hydrogen (secondary N) is 1. The van der Waals surface area contributed by atoms with Gasteiger partial charge in [-0.1, -0.05) is 41.9 Å². The Bertz CT molecular complexity index is 1050. The predicted molar refractivity (Wildman–Crippen MR) is 129 cm³/mol. The van der Waals surface area contributed by atoms with Gasteiger partial charge in [-0.2, -0.15) is 0 Å². The number of aliphatic hydroxyl groups is 1. The maximum absolute atomic E-state index is 12.9. The highest BCUT2D eigenvalue weighted by molar-refractivity contribution is 7.89. The van der Waals surface area contributed by atoms with Gasteiger partial charge in [0.15, 0.2) is 0 Å². The SMILES string of the molecule is COC(=O)C/C=C/[C@@H](C)[C@@H](/C=N/OC[C@@H](O)COCc1ccco1)NS(=O)(=O)c1ccc(C)cc1. The van der Waals surface area contributed by atoms with Crippen LogP contribution in [-0.2, 0) is 35.7 Å². The smallest absolute Gasteiger partial charge is 0.309 e. The fourth-order valence-electron chi connectivity index (χ4n) is 2.80. The molecule has 0 aliphatic carbocycles. The van der Waals surface area contributed by atoms with Crippen LogP contribution in [0.5, 0.6) is 0 Å². The van der Waals surface area contributed by atoms with Crippen molar-refractivity contribution in [2.45, 2.75) is 43.9 Å². The van der Waals surface area contributed by atoms with Gasteiger partial charge in [-0.05, 0) is 37.1 Å². The molecule has 2 rings (SSSR count). The third kappa shape index (κ3) is 10.4. The minimum absolute atomic E-state index is 0.00632. The minimum Gasteiger partial charge on any atom is -0.469 e. The van der Waals surface area contributed by atoms with E-state index in [2.05, 4.69) is 14.6 Å². The van der Waals surface area contributed by atoms with E-state index in [1.54, 1.807) is 43.3 Å². The van der Waals surface area contributed by atoms with Gasteiger partial charge >= 0.3 is 5.97 Å². The fraction of sp³-hybridized carbons (Fsp3) is 0.417. The normalized spacial score (nSPS) is 14.7. The summed E-state index contributed by atoms with van der Waals surface area (Å²) in [6, 6.07) is 9.14. The maximum atomic E-state index is 12.9. The Kier molecular flexibility index (Phi) is 11.6. The summed E-state index contributed by atoms with van der Waals surface area (Å²) in [5.74, 6) is -0.159. The van der Waals surface area contributed by atoms with Gasteiger partial charge in [-0.3, -0.25) is 4.79 Å². The van der Waals surface area contributed by atoms with Gasteiger partial charge in [0.05, 0.1) is 43.6 Å². The molecule has 0 unspecified atom stereocenters. The number of methoxy groups -OCH3 is 1. The number of benzene rings is 1. The maximum Gasteiger partial charge on any atom is 0.309 e. The van der Waals surface area contributed by atoms with Crippen molar-refractivity contribution in [2.75, 3.05) is 20.3 Å². The number of carbonyl (C=O) groups excluding carboxylic acids is 1. The van der Waals surface area contributed by atoms with Crippen LogP contribution in [0.25, 0.3) is 0 Å². The lowest BCUT2D eigenvalue weighted by Gasteiger charge is -2.19. The van der Waals surface area contributed by atoms with E-state index in [4.69, 9.17) is 14.0 Å². The lowest BCUT2D eigenvalue weighted by molar-refractivity contribution is -0.139. The third-order valence-electron chi connectivity index (χ3n) is 4.84. The second kappa shape index (κ2) is 14.4. The van der Waals surface area contributed by atoms with Crippen molar-refractivity contribution in [3.05, 3.63) is 66.1 Å². The average Bonchev–Trinajstić information content (AvgIpc) is 3.34. The summed E-state index contributed by atoms with van der Waals surface area (Å²) in [5, 5.41) is 13.8. The number of aliphatic hydroxyl groups excluding tert-OH is 1. The summed E-state index contributed by atoms with van der Waals surface area (Å²) in [7, 11) is -2.56. The van der Waals surface area contributed by atoms with Crippen molar-refractivity contribution in [3.63, 3.8) is 0 Å². The molecule has 2 N–H and O–H groups in total. The molecule has 1 aromatic heterocycles. The summed E-state index contributed by atoms with van der Waals surface area (Å²) in [6.45, 7) is 3.69. The molecular weight excluding hydrogens is 476 g/mol. The van der Waals surface area contributed by atoms with Crippen LogP contribution in [0.2, 0.25) is 0 Å². The molecule has 35 heavy (non-hydrogen) atoms. The van der Waals surface area contributed by atoms with Crippen molar-refractivity contribution < 1.29 is 37.0 Å². The van der Waals surface area contributed by atoms with Crippen molar-refractivity contribution in [2.24, 2.45) is 11.1 Å². The van der Waals surface area contributed by atoms with Gasteiger partial charge in [0.1, 0.15) is 25.1 Å². The summed E-state index contributed by atoms with van der Waals surface area (Å²) in [4.78, 5) is 16.6. The van der Waals surface area contributed by atoms with Gasteiger partial charge in [0.25, 0.3) is 0 Å². The van der Waals surface area contributed by atoms with Crippen LogP contribution in [0.4, 0.5) is 0 Å². The highest BCUT2D eigenvalue weighted by Crippen LogP contribution is 2.13. The van der Waals surface area contributed by atoms with Crippen LogP contribution < -0.4 is 4.72 Å². The van der Waals surface area contributed by atoms with Gasteiger partial charge < -0.3 is 23.8 Å². The molecular formula is C24H32N2O8S. The fourth-order valence-corrected chi connectivity index (χ4v) is 4.06. The topological polar surface area (TPSA) is 137 Å².